The van der Waals surface area contributed by atoms with Gasteiger partial charge in [-0.15, -0.1) is 0 Å². The van der Waals surface area contributed by atoms with Crippen LogP contribution in [0, 0.1) is 6.92 Å². The number of aryl methyl sites for hydroxylation is 1. The summed E-state index contributed by atoms with van der Waals surface area (Å²) in [5, 5.41) is 6.41. The van der Waals surface area contributed by atoms with E-state index in [4.69, 9.17) is 0 Å². The zero-order chi connectivity index (χ0) is 12.8. The number of nitrogens with one attached hydrogen (secondary N) is 2. The largest absolute Gasteiger partial charge is 0.373 e. The summed E-state index contributed by atoms with van der Waals surface area (Å²) in [4.78, 5) is 11.2. The Hall–Kier alpha value is -1.36. The van der Waals surface area contributed by atoms with Gasteiger partial charge in [0.05, 0.1) is 0 Å². The maximum atomic E-state index is 4.38. The van der Waals surface area contributed by atoms with Crippen LogP contribution in [0.15, 0.2) is 6.07 Å². The van der Waals surface area contributed by atoms with Crippen molar-refractivity contribution < 1.29 is 0 Å². The van der Waals surface area contributed by atoms with Crippen LogP contribution in [0.1, 0.15) is 25.1 Å². The van der Waals surface area contributed by atoms with Gasteiger partial charge >= 0.3 is 0 Å². The number of likely N-dealkylation sites (tertiary alicyclic amines) is 1. The normalized spacial score (nSPS) is 15.9. The van der Waals surface area contributed by atoms with Crippen molar-refractivity contribution in [2.45, 2.75) is 26.2 Å². The first-order valence-corrected chi connectivity index (χ1v) is 6.77. The third-order valence-corrected chi connectivity index (χ3v) is 3.25. The molecule has 1 aromatic rings. The summed E-state index contributed by atoms with van der Waals surface area (Å²) >= 11 is 0. The van der Waals surface area contributed by atoms with Gasteiger partial charge in [0.1, 0.15) is 17.5 Å². The van der Waals surface area contributed by atoms with Crippen LogP contribution in [0.2, 0.25) is 0 Å². The van der Waals surface area contributed by atoms with Gasteiger partial charge in [-0.3, -0.25) is 0 Å². The summed E-state index contributed by atoms with van der Waals surface area (Å²) in [6.07, 6.45) is 3.89. The molecule has 5 heteroatoms. The van der Waals surface area contributed by atoms with Crippen molar-refractivity contribution in [2.75, 3.05) is 43.9 Å². The number of hydrogen-bond acceptors (Lipinski definition) is 5. The van der Waals surface area contributed by atoms with Crippen LogP contribution in [-0.2, 0) is 0 Å². The van der Waals surface area contributed by atoms with Crippen LogP contribution in [0.3, 0.4) is 0 Å². The van der Waals surface area contributed by atoms with Gasteiger partial charge in [-0.1, -0.05) is 0 Å². The number of nitrogens with zero attached hydrogens (tertiary/aromatic N) is 3. The molecule has 1 aliphatic heterocycles. The molecular formula is C13H23N5. The van der Waals surface area contributed by atoms with Crippen molar-refractivity contribution in [3.8, 4) is 0 Å². The highest BCUT2D eigenvalue weighted by Crippen LogP contribution is 2.11. The first-order valence-electron chi connectivity index (χ1n) is 6.77. The Balaban J connectivity index is 1.73. The third kappa shape index (κ3) is 3.84. The molecule has 0 bridgehead atoms. The maximum Gasteiger partial charge on any atom is 0.131 e. The molecule has 1 aromatic heterocycles. The molecule has 0 saturated carbocycles. The molecule has 0 spiro atoms. The number of rotatable bonds is 6. The highest BCUT2D eigenvalue weighted by molar-refractivity contribution is 5.46. The molecule has 1 fully saturated rings. The zero-order valence-corrected chi connectivity index (χ0v) is 11.4. The summed E-state index contributed by atoms with van der Waals surface area (Å²) in [6.45, 7) is 6.62. The minimum Gasteiger partial charge on any atom is -0.373 e. The summed E-state index contributed by atoms with van der Waals surface area (Å²) < 4.78 is 0. The molecule has 0 amide bonds. The maximum absolute atomic E-state index is 4.38. The fourth-order valence-electron chi connectivity index (χ4n) is 2.31. The molecule has 5 nitrogen and oxygen atoms in total. The van der Waals surface area contributed by atoms with Crippen LogP contribution >= 0.6 is 0 Å². The molecule has 1 saturated heterocycles. The van der Waals surface area contributed by atoms with Gasteiger partial charge in [-0.25, -0.2) is 9.97 Å². The predicted molar refractivity (Wildman–Crippen MR) is 75.1 cm³/mol. The lowest BCUT2D eigenvalue weighted by Crippen LogP contribution is -2.22. The molecule has 0 atom stereocenters. The smallest absolute Gasteiger partial charge is 0.131 e. The van der Waals surface area contributed by atoms with E-state index < -0.39 is 0 Å². The van der Waals surface area contributed by atoms with E-state index in [0.717, 1.165) is 30.4 Å². The molecule has 18 heavy (non-hydrogen) atoms. The second-order valence-electron chi connectivity index (χ2n) is 4.76. The lowest BCUT2D eigenvalue weighted by Gasteiger charge is -2.14. The SMILES string of the molecule is CNc1cc(NCCCN2CCCC2)nc(C)n1. The van der Waals surface area contributed by atoms with E-state index in [1.165, 1.54) is 32.5 Å². The van der Waals surface area contributed by atoms with Gasteiger partial charge in [-0.2, -0.15) is 0 Å². The van der Waals surface area contributed by atoms with Crippen LogP contribution in [0.5, 0.6) is 0 Å². The summed E-state index contributed by atoms with van der Waals surface area (Å²) in [5.74, 6) is 2.57. The molecule has 0 aromatic carbocycles. The molecule has 1 aliphatic rings. The van der Waals surface area contributed by atoms with Crippen LogP contribution in [0.4, 0.5) is 11.6 Å². The molecule has 0 unspecified atom stereocenters. The van der Waals surface area contributed by atoms with E-state index in [0.29, 0.717) is 0 Å². The second-order valence-corrected chi connectivity index (χ2v) is 4.76. The van der Waals surface area contributed by atoms with E-state index >= 15 is 0 Å². The number of aromatic nitrogens is 2. The Labute approximate surface area is 109 Å². The molecule has 2 rings (SSSR count). The number of anilines is 2. The summed E-state index contributed by atoms with van der Waals surface area (Å²) in [7, 11) is 1.87. The molecular weight excluding hydrogens is 226 g/mol. The van der Waals surface area contributed by atoms with E-state index in [1.54, 1.807) is 0 Å². The first kappa shape index (κ1) is 13.1. The average molecular weight is 249 g/mol. The number of hydrogen-bond donors (Lipinski definition) is 2. The fourth-order valence-corrected chi connectivity index (χ4v) is 2.31. The van der Waals surface area contributed by atoms with Gasteiger partial charge in [0, 0.05) is 19.7 Å². The Kier molecular flexibility index (Phi) is 4.75. The fraction of sp³-hybridized carbons (Fsp3) is 0.692. The minimum absolute atomic E-state index is 0.795. The molecule has 2 heterocycles. The average Bonchev–Trinajstić information content (AvgIpc) is 2.87. The van der Waals surface area contributed by atoms with E-state index in [2.05, 4.69) is 25.5 Å². The third-order valence-electron chi connectivity index (χ3n) is 3.25. The van der Waals surface area contributed by atoms with Crippen molar-refractivity contribution >= 4 is 11.6 Å². The predicted octanol–water partition coefficient (Wildman–Crippen LogP) is 1.72. The Morgan fingerprint density at radius 2 is 1.94 bits per heavy atom. The highest BCUT2D eigenvalue weighted by Gasteiger charge is 2.10. The van der Waals surface area contributed by atoms with E-state index in [9.17, 15) is 0 Å². The molecule has 2 N–H and O–H groups in total. The molecule has 100 valence electrons. The quantitative estimate of drug-likeness (QED) is 0.752. The summed E-state index contributed by atoms with van der Waals surface area (Å²) in [6, 6.07) is 1.95. The highest BCUT2D eigenvalue weighted by atomic mass is 15.1. The Bertz CT molecular complexity index is 374. The van der Waals surface area contributed by atoms with Crippen molar-refractivity contribution in [1.82, 2.24) is 14.9 Å². The zero-order valence-electron chi connectivity index (χ0n) is 11.4. The topological polar surface area (TPSA) is 53.1 Å². The Morgan fingerprint density at radius 3 is 2.67 bits per heavy atom. The van der Waals surface area contributed by atoms with E-state index in [-0.39, 0.29) is 0 Å². The Morgan fingerprint density at radius 1 is 1.22 bits per heavy atom. The van der Waals surface area contributed by atoms with Gasteiger partial charge in [0.2, 0.25) is 0 Å². The molecule has 0 aliphatic carbocycles. The van der Waals surface area contributed by atoms with Crippen LogP contribution in [-0.4, -0.2) is 48.1 Å². The second kappa shape index (κ2) is 6.54. The van der Waals surface area contributed by atoms with Crippen molar-refractivity contribution in [3.05, 3.63) is 11.9 Å². The van der Waals surface area contributed by atoms with Gasteiger partial charge in [0.15, 0.2) is 0 Å². The van der Waals surface area contributed by atoms with Crippen molar-refractivity contribution in [2.24, 2.45) is 0 Å². The van der Waals surface area contributed by atoms with Gasteiger partial charge < -0.3 is 15.5 Å². The van der Waals surface area contributed by atoms with Gasteiger partial charge in [0.25, 0.3) is 0 Å². The monoisotopic (exact) mass is 249 g/mol. The first-order chi connectivity index (χ1) is 8.78. The molecule has 0 radical (unpaired) electrons. The van der Waals surface area contributed by atoms with Crippen molar-refractivity contribution in [3.63, 3.8) is 0 Å². The van der Waals surface area contributed by atoms with Crippen LogP contribution in [0.25, 0.3) is 0 Å². The standard InChI is InChI=1S/C13H23N5/c1-11-16-12(14-2)10-13(17-11)15-6-5-9-18-7-3-4-8-18/h10H,3-9H2,1-2H3,(H2,14,15,16,17). The van der Waals surface area contributed by atoms with E-state index in [1.807, 2.05) is 20.0 Å². The van der Waals surface area contributed by atoms with Crippen molar-refractivity contribution in [1.29, 1.82) is 0 Å². The van der Waals surface area contributed by atoms with Crippen LogP contribution < -0.4 is 10.6 Å². The van der Waals surface area contributed by atoms with Gasteiger partial charge in [-0.05, 0) is 45.8 Å². The summed E-state index contributed by atoms with van der Waals surface area (Å²) in [5.41, 5.74) is 0. The minimum atomic E-state index is 0.795. The lowest BCUT2D eigenvalue weighted by molar-refractivity contribution is 0.337. The lowest BCUT2D eigenvalue weighted by atomic mass is 10.4.